The summed E-state index contributed by atoms with van der Waals surface area (Å²) in [5.41, 5.74) is 2.09. The molecule has 2 heteroatoms. The van der Waals surface area contributed by atoms with Crippen LogP contribution in [0.15, 0.2) is 23.4 Å². The molecule has 0 radical (unpaired) electrons. The minimum atomic E-state index is 0.708. The Hall–Kier alpha value is -0.760. The topological polar surface area (TPSA) is 23.5 Å². The monoisotopic (exact) mass is 139 g/mol. The van der Waals surface area contributed by atoms with Gasteiger partial charge in [0.25, 0.3) is 0 Å². The average Bonchev–Trinajstić information content (AvgIpc) is 2.04. The largest absolute Gasteiger partial charge is 0.289 e. The number of rotatable bonds is 0. The minimum absolute atomic E-state index is 0.708. The highest BCUT2D eigenvalue weighted by Gasteiger charge is 2.04. The van der Waals surface area contributed by atoms with Gasteiger partial charge in [-0.3, -0.25) is 10.3 Å². The molecule has 0 amide bonds. The summed E-state index contributed by atoms with van der Waals surface area (Å²) < 4.78 is 0. The highest BCUT2D eigenvalue weighted by molar-refractivity contribution is 5.22. The normalized spacial score (nSPS) is 19.7. The van der Waals surface area contributed by atoms with Gasteiger partial charge in [0.1, 0.15) is 0 Å². The zero-order chi connectivity index (χ0) is 7.56. The van der Waals surface area contributed by atoms with Gasteiger partial charge in [0.05, 0.1) is 0 Å². The number of hydrogen-bond acceptors (Lipinski definition) is 2. The molecule has 0 aromatic heterocycles. The number of allylic oxidation sites excluding steroid dienone is 3. The van der Waals surface area contributed by atoms with Gasteiger partial charge in [-0.05, 0) is 25.8 Å². The van der Waals surface area contributed by atoms with Gasteiger partial charge in [0.15, 0.2) is 0 Å². The van der Waals surface area contributed by atoms with Crippen LogP contribution in [0.2, 0.25) is 0 Å². The van der Waals surface area contributed by atoms with Gasteiger partial charge < -0.3 is 0 Å². The number of hydroxylamine groups is 2. The third-order valence-corrected chi connectivity index (χ3v) is 1.83. The lowest BCUT2D eigenvalue weighted by Gasteiger charge is -2.15. The summed E-state index contributed by atoms with van der Waals surface area (Å²) in [6.45, 7) is 4.63. The van der Waals surface area contributed by atoms with Crippen molar-refractivity contribution < 1.29 is 5.21 Å². The summed E-state index contributed by atoms with van der Waals surface area (Å²) in [5.74, 6) is 0. The van der Waals surface area contributed by atoms with Crippen LogP contribution in [0.5, 0.6) is 0 Å². The van der Waals surface area contributed by atoms with E-state index in [2.05, 4.69) is 6.08 Å². The number of hydrogen-bond donors (Lipinski definition) is 1. The first-order chi connectivity index (χ1) is 4.72. The van der Waals surface area contributed by atoms with Crippen LogP contribution in [0, 0.1) is 0 Å². The molecule has 0 bridgehead atoms. The molecule has 0 saturated heterocycles. The maximum absolute atomic E-state index is 9.26. The maximum Gasteiger partial charge on any atom is 0.0484 e. The molecular weight excluding hydrogens is 126 g/mol. The zero-order valence-corrected chi connectivity index (χ0v) is 6.46. The van der Waals surface area contributed by atoms with Crippen molar-refractivity contribution in [3.63, 3.8) is 0 Å². The Morgan fingerprint density at radius 1 is 1.50 bits per heavy atom. The van der Waals surface area contributed by atoms with Crippen molar-refractivity contribution in [2.75, 3.05) is 6.54 Å². The predicted molar refractivity (Wildman–Crippen MR) is 40.6 cm³/mol. The molecule has 10 heavy (non-hydrogen) atoms. The lowest BCUT2D eigenvalue weighted by Crippen LogP contribution is -2.17. The van der Waals surface area contributed by atoms with Crippen LogP contribution in [0.25, 0.3) is 0 Å². The van der Waals surface area contributed by atoms with E-state index >= 15 is 0 Å². The maximum atomic E-state index is 9.26. The number of nitrogens with zero attached hydrogens (tertiary/aromatic N) is 1. The van der Waals surface area contributed by atoms with E-state index in [4.69, 9.17) is 0 Å². The van der Waals surface area contributed by atoms with Gasteiger partial charge in [-0.15, -0.1) is 0 Å². The van der Waals surface area contributed by atoms with Gasteiger partial charge in [-0.2, -0.15) is 0 Å². The second kappa shape index (κ2) is 2.88. The molecule has 1 N–H and O–H groups in total. The minimum Gasteiger partial charge on any atom is -0.289 e. The van der Waals surface area contributed by atoms with Crippen molar-refractivity contribution in [1.29, 1.82) is 0 Å². The molecule has 0 spiro atoms. The summed E-state index contributed by atoms with van der Waals surface area (Å²) >= 11 is 0. The Morgan fingerprint density at radius 3 is 2.90 bits per heavy atom. The van der Waals surface area contributed by atoms with Crippen LogP contribution >= 0.6 is 0 Å². The molecule has 1 aliphatic rings. The molecule has 0 fully saturated rings. The molecule has 1 heterocycles. The molecule has 0 atom stereocenters. The Morgan fingerprint density at radius 2 is 2.20 bits per heavy atom. The Bertz CT molecular complexity index is 182. The molecular formula is C8H13NO. The van der Waals surface area contributed by atoms with Crippen molar-refractivity contribution in [2.24, 2.45) is 0 Å². The fraction of sp³-hybridized carbons (Fsp3) is 0.500. The Kier molecular flexibility index (Phi) is 2.12. The van der Waals surface area contributed by atoms with Crippen molar-refractivity contribution in [1.82, 2.24) is 5.06 Å². The van der Waals surface area contributed by atoms with Gasteiger partial charge in [-0.1, -0.05) is 12.2 Å². The second-order valence-electron chi connectivity index (χ2n) is 2.58. The van der Waals surface area contributed by atoms with Gasteiger partial charge in [0, 0.05) is 12.2 Å². The van der Waals surface area contributed by atoms with E-state index < -0.39 is 0 Å². The van der Waals surface area contributed by atoms with E-state index in [1.54, 1.807) is 0 Å². The lowest BCUT2D eigenvalue weighted by molar-refractivity contribution is -0.0534. The molecule has 2 nitrogen and oxygen atoms in total. The van der Waals surface area contributed by atoms with Crippen molar-refractivity contribution in [3.05, 3.63) is 23.4 Å². The molecule has 1 rings (SSSR count). The third-order valence-electron chi connectivity index (χ3n) is 1.83. The first-order valence-electron chi connectivity index (χ1n) is 3.52. The summed E-state index contributed by atoms with van der Waals surface area (Å²) in [4.78, 5) is 0. The van der Waals surface area contributed by atoms with E-state index in [9.17, 15) is 5.21 Å². The highest BCUT2D eigenvalue weighted by atomic mass is 16.5. The molecule has 0 aromatic rings. The smallest absolute Gasteiger partial charge is 0.0484 e. The predicted octanol–water partition coefficient (Wildman–Crippen LogP) is 1.93. The van der Waals surface area contributed by atoms with E-state index in [0.717, 1.165) is 17.7 Å². The van der Waals surface area contributed by atoms with E-state index in [1.165, 1.54) is 5.06 Å². The van der Waals surface area contributed by atoms with Gasteiger partial charge in [-0.25, -0.2) is 0 Å². The molecule has 0 saturated carbocycles. The molecule has 0 unspecified atom stereocenters. The van der Waals surface area contributed by atoms with E-state index in [0.29, 0.717) is 6.54 Å². The van der Waals surface area contributed by atoms with Gasteiger partial charge in [0.2, 0.25) is 0 Å². The SMILES string of the molecule is CC1=C(C)N(O)CCC=C1. The Balaban J connectivity index is 2.82. The third kappa shape index (κ3) is 1.39. The molecule has 0 aliphatic carbocycles. The van der Waals surface area contributed by atoms with Crippen molar-refractivity contribution >= 4 is 0 Å². The fourth-order valence-corrected chi connectivity index (χ4v) is 0.949. The quantitative estimate of drug-likeness (QED) is 0.554. The summed E-state index contributed by atoms with van der Waals surface area (Å²) in [6.07, 6.45) is 5.05. The fourth-order valence-electron chi connectivity index (χ4n) is 0.949. The first-order valence-corrected chi connectivity index (χ1v) is 3.52. The second-order valence-corrected chi connectivity index (χ2v) is 2.58. The van der Waals surface area contributed by atoms with E-state index in [1.807, 2.05) is 19.9 Å². The van der Waals surface area contributed by atoms with Crippen molar-refractivity contribution in [2.45, 2.75) is 20.3 Å². The van der Waals surface area contributed by atoms with Crippen LogP contribution in [0.4, 0.5) is 0 Å². The van der Waals surface area contributed by atoms with Crippen LogP contribution in [0.1, 0.15) is 20.3 Å². The molecule has 56 valence electrons. The molecule has 1 aliphatic heterocycles. The average molecular weight is 139 g/mol. The first kappa shape index (κ1) is 7.35. The summed E-state index contributed by atoms with van der Waals surface area (Å²) in [6, 6.07) is 0. The molecule has 0 aromatic carbocycles. The van der Waals surface area contributed by atoms with Crippen LogP contribution < -0.4 is 0 Å². The van der Waals surface area contributed by atoms with Crippen LogP contribution in [-0.4, -0.2) is 16.8 Å². The van der Waals surface area contributed by atoms with E-state index in [-0.39, 0.29) is 0 Å². The lowest BCUT2D eigenvalue weighted by atomic mass is 10.2. The van der Waals surface area contributed by atoms with Crippen LogP contribution in [0.3, 0.4) is 0 Å². The summed E-state index contributed by atoms with van der Waals surface area (Å²) in [7, 11) is 0. The van der Waals surface area contributed by atoms with Crippen molar-refractivity contribution in [3.8, 4) is 0 Å². The van der Waals surface area contributed by atoms with Crippen LogP contribution in [-0.2, 0) is 0 Å². The standard InChI is InChI=1S/C8H13NO/c1-7-5-3-4-6-9(10)8(7)2/h3,5,10H,4,6H2,1-2H3. The summed E-state index contributed by atoms with van der Waals surface area (Å²) in [5, 5.41) is 10.6. The zero-order valence-electron chi connectivity index (χ0n) is 6.46. The highest BCUT2D eigenvalue weighted by Crippen LogP contribution is 2.12. The van der Waals surface area contributed by atoms with Gasteiger partial charge >= 0.3 is 0 Å². The Labute approximate surface area is 61.4 Å².